The molecular formula is C19H26Cl4N2O2. The van der Waals surface area contributed by atoms with Crippen molar-refractivity contribution in [3.63, 3.8) is 0 Å². The summed E-state index contributed by atoms with van der Waals surface area (Å²) in [6.45, 7) is 3.13. The highest BCUT2D eigenvalue weighted by molar-refractivity contribution is 6.35. The second-order valence-corrected chi connectivity index (χ2v) is 6.49. The Kier molecular flexibility index (Phi) is 13.7. The quantitative estimate of drug-likeness (QED) is 0.487. The number of ether oxygens (including phenoxy) is 2. The fourth-order valence-corrected chi connectivity index (χ4v) is 2.82. The van der Waals surface area contributed by atoms with Crippen molar-refractivity contribution in [2.75, 3.05) is 27.2 Å². The van der Waals surface area contributed by atoms with Gasteiger partial charge in [-0.25, -0.2) is 0 Å². The van der Waals surface area contributed by atoms with Crippen LogP contribution in [0.1, 0.15) is 17.5 Å². The SMILES string of the molecule is CNCCCNCc1ccc(OCc2ccc(Cl)cc2Cl)c(OC)c1.Cl.Cl. The molecule has 0 amide bonds. The maximum absolute atomic E-state index is 6.18. The molecule has 0 aliphatic rings. The maximum atomic E-state index is 6.18. The van der Waals surface area contributed by atoms with E-state index in [9.17, 15) is 0 Å². The van der Waals surface area contributed by atoms with Gasteiger partial charge in [0.05, 0.1) is 7.11 Å². The van der Waals surface area contributed by atoms with Crippen LogP contribution in [0.15, 0.2) is 36.4 Å². The number of methoxy groups -OCH3 is 1. The summed E-state index contributed by atoms with van der Waals surface area (Å²) in [5.41, 5.74) is 2.03. The molecule has 0 spiro atoms. The molecule has 0 aromatic heterocycles. The third-order valence-electron chi connectivity index (χ3n) is 3.74. The van der Waals surface area contributed by atoms with E-state index in [0.717, 1.165) is 37.2 Å². The van der Waals surface area contributed by atoms with Crippen molar-refractivity contribution in [3.05, 3.63) is 57.6 Å². The summed E-state index contributed by atoms with van der Waals surface area (Å²) in [7, 11) is 3.60. The van der Waals surface area contributed by atoms with Gasteiger partial charge in [0, 0.05) is 22.2 Å². The molecule has 0 aliphatic heterocycles. The van der Waals surface area contributed by atoms with Crippen molar-refractivity contribution in [1.29, 1.82) is 0 Å². The van der Waals surface area contributed by atoms with Gasteiger partial charge >= 0.3 is 0 Å². The van der Waals surface area contributed by atoms with E-state index in [1.807, 2.05) is 31.3 Å². The van der Waals surface area contributed by atoms with Crippen LogP contribution in [0.5, 0.6) is 11.5 Å². The lowest BCUT2D eigenvalue weighted by Gasteiger charge is -2.13. The Morgan fingerprint density at radius 3 is 2.41 bits per heavy atom. The number of nitrogens with one attached hydrogen (secondary N) is 2. The fraction of sp³-hybridized carbons (Fsp3) is 0.368. The highest BCUT2D eigenvalue weighted by Gasteiger charge is 2.08. The summed E-state index contributed by atoms with van der Waals surface area (Å²) in [6.07, 6.45) is 1.09. The molecule has 2 aromatic carbocycles. The maximum Gasteiger partial charge on any atom is 0.161 e. The zero-order valence-electron chi connectivity index (χ0n) is 15.4. The van der Waals surface area contributed by atoms with E-state index in [1.165, 1.54) is 0 Å². The van der Waals surface area contributed by atoms with E-state index >= 15 is 0 Å². The van der Waals surface area contributed by atoms with Crippen molar-refractivity contribution in [1.82, 2.24) is 10.6 Å². The molecule has 0 atom stereocenters. The van der Waals surface area contributed by atoms with Crippen LogP contribution in [0.4, 0.5) is 0 Å². The van der Waals surface area contributed by atoms with Gasteiger partial charge in [-0.2, -0.15) is 0 Å². The number of benzene rings is 2. The summed E-state index contributed by atoms with van der Waals surface area (Å²) in [5.74, 6) is 1.40. The van der Waals surface area contributed by atoms with Crippen LogP contribution >= 0.6 is 48.0 Å². The molecule has 2 rings (SSSR count). The first-order valence-electron chi connectivity index (χ1n) is 8.23. The van der Waals surface area contributed by atoms with Crippen LogP contribution in [-0.2, 0) is 13.2 Å². The van der Waals surface area contributed by atoms with Gasteiger partial charge in [0.25, 0.3) is 0 Å². The Morgan fingerprint density at radius 1 is 0.963 bits per heavy atom. The topological polar surface area (TPSA) is 42.5 Å². The predicted octanol–water partition coefficient (Wildman–Crippen LogP) is 5.12. The molecular weight excluding hydrogens is 430 g/mol. The number of hydrogen-bond acceptors (Lipinski definition) is 4. The van der Waals surface area contributed by atoms with Crippen LogP contribution in [0.3, 0.4) is 0 Å². The Labute approximate surface area is 183 Å². The molecule has 0 saturated carbocycles. The molecule has 0 radical (unpaired) electrons. The summed E-state index contributed by atoms with van der Waals surface area (Å²) in [4.78, 5) is 0. The summed E-state index contributed by atoms with van der Waals surface area (Å²) in [6, 6.07) is 11.3. The Hall–Kier alpha value is -0.880. The van der Waals surface area contributed by atoms with E-state index in [0.29, 0.717) is 28.2 Å². The van der Waals surface area contributed by atoms with E-state index in [-0.39, 0.29) is 24.8 Å². The predicted molar refractivity (Wildman–Crippen MR) is 119 cm³/mol. The lowest BCUT2D eigenvalue weighted by atomic mass is 10.2. The van der Waals surface area contributed by atoms with Crippen molar-refractivity contribution < 1.29 is 9.47 Å². The van der Waals surface area contributed by atoms with Gasteiger partial charge in [-0.3, -0.25) is 0 Å². The monoisotopic (exact) mass is 454 g/mol. The number of halogens is 4. The van der Waals surface area contributed by atoms with E-state index in [4.69, 9.17) is 32.7 Å². The van der Waals surface area contributed by atoms with E-state index in [1.54, 1.807) is 19.2 Å². The molecule has 0 unspecified atom stereocenters. The van der Waals surface area contributed by atoms with Gasteiger partial charge in [0.2, 0.25) is 0 Å². The third kappa shape index (κ3) is 8.77. The fourth-order valence-electron chi connectivity index (χ4n) is 2.36. The zero-order chi connectivity index (χ0) is 18.1. The molecule has 0 bridgehead atoms. The van der Waals surface area contributed by atoms with Crippen LogP contribution in [-0.4, -0.2) is 27.2 Å². The first-order chi connectivity index (χ1) is 12.1. The smallest absolute Gasteiger partial charge is 0.161 e. The average Bonchev–Trinajstić information content (AvgIpc) is 2.61. The van der Waals surface area contributed by atoms with E-state index < -0.39 is 0 Å². The summed E-state index contributed by atoms with van der Waals surface area (Å²) >= 11 is 12.1. The standard InChI is InChI=1S/C19H24Cl2N2O2.2ClH/c1-22-8-3-9-23-12-14-4-7-18(19(10-14)24-2)25-13-15-5-6-16(20)11-17(15)21;;/h4-7,10-11,22-23H,3,8-9,12-13H2,1-2H3;2*1H. The van der Waals surface area contributed by atoms with Gasteiger partial charge in [0.15, 0.2) is 11.5 Å². The average molecular weight is 456 g/mol. The Morgan fingerprint density at radius 2 is 1.74 bits per heavy atom. The third-order valence-corrected chi connectivity index (χ3v) is 4.32. The van der Waals surface area contributed by atoms with Gasteiger partial charge in [0.1, 0.15) is 6.61 Å². The molecule has 0 saturated heterocycles. The highest BCUT2D eigenvalue weighted by atomic mass is 35.5. The van der Waals surface area contributed by atoms with Gasteiger partial charge in [-0.1, -0.05) is 35.3 Å². The van der Waals surface area contributed by atoms with Crippen molar-refractivity contribution >= 4 is 48.0 Å². The molecule has 4 nitrogen and oxygen atoms in total. The van der Waals surface area contributed by atoms with Crippen LogP contribution < -0.4 is 20.1 Å². The minimum atomic E-state index is 0. The van der Waals surface area contributed by atoms with Crippen molar-refractivity contribution in [3.8, 4) is 11.5 Å². The van der Waals surface area contributed by atoms with Gasteiger partial charge in [-0.15, -0.1) is 24.8 Å². The minimum absolute atomic E-state index is 0. The highest BCUT2D eigenvalue weighted by Crippen LogP contribution is 2.30. The molecule has 27 heavy (non-hydrogen) atoms. The largest absolute Gasteiger partial charge is 0.493 e. The molecule has 152 valence electrons. The molecule has 0 heterocycles. The van der Waals surface area contributed by atoms with Gasteiger partial charge in [-0.05, 0) is 56.4 Å². The minimum Gasteiger partial charge on any atom is -0.493 e. The lowest BCUT2D eigenvalue weighted by Crippen LogP contribution is -2.19. The van der Waals surface area contributed by atoms with Crippen molar-refractivity contribution in [2.24, 2.45) is 0 Å². The Bertz CT molecular complexity index is 687. The van der Waals surface area contributed by atoms with E-state index in [2.05, 4.69) is 10.6 Å². The van der Waals surface area contributed by atoms with Crippen molar-refractivity contribution in [2.45, 2.75) is 19.6 Å². The zero-order valence-corrected chi connectivity index (χ0v) is 18.5. The first kappa shape index (κ1) is 26.1. The lowest BCUT2D eigenvalue weighted by molar-refractivity contribution is 0.284. The second kappa shape index (κ2) is 14.2. The molecule has 0 aliphatic carbocycles. The Balaban J connectivity index is 0.00000338. The second-order valence-electron chi connectivity index (χ2n) is 5.64. The molecule has 2 N–H and O–H groups in total. The van der Waals surface area contributed by atoms with Crippen LogP contribution in [0, 0.1) is 0 Å². The molecule has 8 heteroatoms. The number of hydrogen-bond donors (Lipinski definition) is 2. The number of rotatable bonds is 10. The van der Waals surface area contributed by atoms with Gasteiger partial charge < -0.3 is 20.1 Å². The molecule has 0 fully saturated rings. The summed E-state index contributed by atoms with van der Waals surface area (Å²) in [5, 5.41) is 7.75. The first-order valence-corrected chi connectivity index (χ1v) is 8.98. The summed E-state index contributed by atoms with van der Waals surface area (Å²) < 4.78 is 11.3. The van der Waals surface area contributed by atoms with Crippen LogP contribution in [0.2, 0.25) is 10.0 Å². The van der Waals surface area contributed by atoms with Crippen LogP contribution in [0.25, 0.3) is 0 Å². The normalized spacial score (nSPS) is 9.93. The molecule has 2 aromatic rings.